The van der Waals surface area contributed by atoms with Crippen LogP contribution in [0.5, 0.6) is 0 Å². The quantitative estimate of drug-likeness (QED) is 0.720. The van der Waals surface area contributed by atoms with Crippen molar-refractivity contribution in [1.29, 1.82) is 0 Å². The number of piperidine rings is 1. The monoisotopic (exact) mass is 299 g/mol. The number of nitrogen functional groups attached to an aromatic ring is 1. The molecule has 9 heteroatoms. The molecule has 110 valence electrons. The number of anilines is 1. The fraction of sp³-hybridized carbons (Fsp3) is 0.636. The number of carbonyl (C=O) groups is 1. The summed E-state index contributed by atoms with van der Waals surface area (Å²) in [7, 11) is -2.15. The molecule has 0 aliphatic carbocycles. The minimum absolute atomic E-state index is 0.00232. The van der Waals surface area contributed by atoms with Crippen molar-refractivity contribution in [2.24, 2.45) is 13.0 Å². The first-order valence-electron chi connectivity index (χ1n) is 6.49. The summed E-state index contributed by atoms with van der Waals surface area (Å²) in [4.78, 5) is 15.6. The van der Waals surface area contributed by atoms with Crippen molar-refractivity contribution in [2.45, 2.75) is 23.9 Å². The Labute approximate surface area is 117 Å². The van der Waals surface area contributed by atoms with Crippen LogP contribution < -0.4 is 11.1 Å². The molecule has 2 unspecified atom stereocenters. The van der Waals surface area contributed by atoms with E-state index in [9.17, 15) is 13.2 Å². The number of rotatable bonds is 2. The minimum atomic E-state index is -3.74. The molecule has 0 spiro atoms. The molecule has 0 radical (unpaired) electrons. The molecule has 2 aliphatic rings. The summed E-state index contributed by atoms with van der Waals surface area (Å²) >= 11 is 0. The summed E-state index contributed by atoms with van der Waals surface area (Å²) in [6.45, 7) is 0.767. The first-order valence-corrected chi connectivity index (χ1v) is 7.93. The number of sulfonamides is 1. The molecule has 3 rings (SSSR count). The van der Waals surface area contributed by atoms with Gasteiger partial charge in [-0.15, -0.1) is 0 Å². The fourth-order valence-electron chi connectivity index (χ4n) is 3.07. The van der Waals surface area contributed by atoms with Gasteiger partial charge in [-0.25, -0.2) is 13.4 Å². The zero-order valence-corrected chi connectivity index (χ0v) is 11.9. The second kappa shape index (κ2) is 4.45. The van der Waals surface area contributed by atoms with E-state index in [1.165, 1.54) is 15.2 Å². The van der Waals surface area contributed by atoms with E-state index in [4.69, 9.17) is 5.73 Å². The molecule has 1 aromatic heterocycles. The highest BCUT2D eigenvalue weighted by Gasteiger charge is 2.46. The molecule has 1 amide bonds. The number of fused-ring (bicyclic) bond motifs is 1. The van der Waals surface area contributed by atoms with Crippen LogP contribution in [0.4, 0.5) is 5.82 Å². The largest absolute Gasteiger partial charge is 0.381 e. The normalized spacial score (nSPS) is 27.4. The number of hydrogen-bond acceptors (Lipinski definition) is 5. The van der Waals surface area contributed by atoms with Gasteiger partial charge in [-0.05, 0) is 12.8 Å². The van der Waals surface area contributed by atoms with Crippen LogP contribution in [0.15, 0.2) is 11.4 Å². The SMILES string of the molecule is Cn1cnc(N)c1S(=O)(=O)N1CCCC2C(=O)NCC21. The fourth-order valence-corrected chi connectivity index (χ4v) is 4.97. The van der Waals surface area contributed by atoms with E-state index in [1.54, 1.807) is 7.05 Å². The van der Waals surface area contributed by atoms with Crippen molar-refractivity contribution in [1.82, 2.24) is 19.2 Å². The first-order chi connectivity index (χ1) is 9.43. The number of nitrogens with two attached hydrogens (primary N) is 1. The standard InChI is InChI=1S/C11H17N5O3S/c1-15-6-14-9(12)11(15)20(18,19)16-4-2-3-7-8(16)5-13-10(7)17/h6-8H,2-5,12H2,1H3,(H,13,17). The summed E-state index contributed by atoms with van der Waals surface area (Å²) in [5.74, 6) is -0.326. The number of aryl methyl sites for hydroxylation is 1. The number of aromatic nitrogens is 2. The molecule has 3 N–H and O–H groups in total. The smallest absolute Gasteiger partial charge is 0.262 e. The third-order valence-electron chi connectivity index (χ3n) is 4.01. The topological polar surface area (TPSA) is 110 Å². The Morgan fingerprint density at radius 2 is 2.25 bits per heavy atom. The van der Waals surface area contributed by atoms with Crippen molar-refractivity contribution in [3.63, 3.8) is 0 Å². The zero-order valence-electron chi connectivity index (χ0n) is 11.1. The highest BCUT2D eigenvalue weighted by molar-refractivity contribution is 7.89. The highest BCUT2D eigenvalue weighted by atomic mass is 32.2. The maximum atomic E-state index is 12.8. The molecule has 0 bridgehead atoms. The van der Waals surface area contributed by atoms with E-state index in [-0.39, 0.29) is 28.7 Å². The lowest BCUT2D eigenvalue weighted by Gasteiger charge is -2.34. The molecule has 20 heavy (non-hydrogen) atoms. The Bertz CT molecular complexity index is 634. The number of hydrogen-bond donors (Lipinski definition) is 2. The number of nitrogens with zero attached hydrogens (tertiary/aromatic N) is 3. The Hall–Kier alpha value is -1.61. The molecule has 2 aliphatic heterocycles. The minimum Gasteiger partial charge on any atom is -0.381 e. The molecule has 2 atom stereocenters. The van der Waals surface area contributed by atoms with Crippen LogP contribution in [-0.2, 0) is 21.9 Å². The molecular weight excluding hydrogens is 282 g/mol. The van der Waals surface area contributed by atoms with Crippen LogP contribution in [0.3, 0.4) is 0 Å². The van der Waals surface area contributed by atoms with Gasteiger partial charge in [0.1, 0.15) is 0 Å². The van der Waals surface area contributed by atoms with Crippen molar-refractivity contribution < 1.29 is 13.2 Å². The van der Waals surface area contributed by atoms with Gasteiger partial charge in [0.15, 0.2) is 10.8 Å². The number of amides is 1. The molecule has 0 saturated carbocycles. The van der Waals surface area contributed by atoms with E-state index < -0.39 is 10.0 Å². The summed E-state index contributed by atoms with van der Waals surface area (Å²) in [6, 6.07) is -0.324. The summed E-state index contributed by atoms with van der Waals surface area (Å²) in [6.07, 6.45) is 2.77. The highest BCUT2D eigenvalue weighted by Crippen LogP contribution is 2.32. The van der Waals surface area contributed by atoms with Gasteiger partial charge in [0.25, 0.3) is 10.0 Å². The van der Waals surface area contributed by atoms with Crippen molar-refractivity contribution in [3.05, 3.63) is 6.33 Å². The summed E-state index contributed by atoms with van der Waals surface area (Å²) in [5.41, 5.74) is 5.68. The van der Waals surface area contributed by atoms with Crippen LogP contribution in [0.2, 0.25) is 0 Å². The van der Waals surface area contributed by atoms with Gasteiger partial charge in [-0.2, -0.15) is 4.31 Å². The molecule has 3 heterocycles. The lowest BCUT2D eigenvalue weighted by molar-refractivity contribution is -0.123. The maximum Gasteiger partial charge on any atom is 0.262 e. The lowest BCUT2D eigenvalue weighted by atomic mass is 9.93. The van der Waals surface area contributed by atoms with Gasteiger partial charge >= 0.3 is 0 Å². The Balaban J connectivity index is 2.01. The van der Waals surface area contributed by atoms with E-state index >= 15 is 0 Å². The van der Waals surface area contributed by atoms with Gasteiger partial charge in [-0.3, -0.25) is 4.79 Å². The average molecular weight is 299 g/mol. The van der Waals surface area contributed by atoms with E-state index in [1.807, 2.05) is 0 Å². The van der Waals surface area contributed by atoms with Crippen LogP contribution >= 0.6 is 0 Å². The van der Waals surface area contributed by atoms with Crippen molar-refractivity contribution in [3.8, 4) is 0 Å². The van der Waals surface area contributed by atoms with Crippen molar-refractivity contribution >= 4 is 21.7 Å². The molecule has 8 nitrogen and oxygen atoms in total. The number of imidazole rings is 1. The third kappa shape index (κ3) is 1.80. The summed E-state index contributed by atoms with van der Waals surface area (Å²) < 4.78 is 28.4. The second-order valence-corrected chi connectivity index (χ2v) is 7.03. The summed E-state index contributed by atoms with van der Waals surface area (Å²) in [5, 5.41) is 2.74. The van der Waals surface area contributed by atoms with Gasteiger partial charge < -0.3 is 15.6 Å². The van der Waals surface area contributed by atoms with Crippen LogP contribution in [0.1, 0.15) is 12.8 Å². The number of carbonyl (C=O) groups excluding carboxylic acids is 1. The van der Waals surface area contributed by atoms with Gasteiger partial charge in [-0.1, -0.05) is 0 Å². The second-order valence-electron chi connectivity index (χ2n) is 5.22. The average Bonchev–Trinajstić information content (AvgIpc) is 2.93. The zero-order chi connectivity index (χ0) is 14.5. The Morgan fingerprint density at radius 1 is 1.50 bits per heavy atom. The third-order valence-corrected chi connectivity index (χ3v) is 6.07. The van der Waals surface area contributed by atoms with Gasteiger partial charge in [0.05, 0.1) is 18.3 Å². The molecule has 1 aromatic rings. The molecule has 2 fully saturated rings. The first kappa shape index (κ1) is 13.4. The number of nitrogens with one attached hydrogen (secondary N) is 1. The Kier molecular flexibility index (Phi) is 2.98. The van der Waals surface area contributed by atoms with E-state index in [0.717, 1.165) is 6.42 Å². The van der Waals surface area contributed by atoms with Crippen LogP contribution in [-0.4, -0.2) is 47.3 Å². The van der Waals surface area contributed by atoms with E-state index in [2.05, 4.69) is 10.3 Å². The Morgan fingerprint density at radius 3 is 2.90 bits per heavy atom. The molecule has 2 saturated heterocycles. The predicted octanol–water partition coefficient (Wildman–Crippen LogP) is -1.10. The van der Waals surface area contributed by atoms with Crippen LogP contribution in [0.25, 0.3) is 0 Å². The lowest BCUT2D eigenvalue weighted by Crippen LogP contribution is -2.49. The van der Waals surface area contributed by atoms with Gasteiger partial charge in [0, 0.05) is 20.1 Å². The predicted molar refractivity (Wildman–Crippen MR) is 71.0 cm³/mol. The maximum absolute atomic E-state index is 12.8. The van der Waals surface area contributed by atoms with E-state index in [0.29, 0.717) is 19.5 Å². The molecule has 0 aromatic carbocycles. The van der Waals surface area contributed by atoms with Crippen molar-refractivity contribution in [2.75, 3.05) is 18.8 Å². The van der Waals surface area contributed by atoms with Crippen LogP contribution in [0, 0.1) is 5.92 Å². The molecular formula is C11H17N5O3S. The van der Waals surface area contributed by atoms with Gasteiger partial charge in [0.2, 0.25) is 5.91 Å².